The van der Waals surface area contributed by atoms with Crippen LogP contribution in [0.1, 0.15) is 20.3 Å². The minimum absolute atomic E-state index is 0.659. The molecule has 1 saturated heterocycles. The van der Waals surface area contributed by atoms with Crippen LogP contribution in [0.4, 0.5) is 0 Å². The standard InChI is InChI=1S/C10H17NO2/c1-8-3-5-11(7-9(8)2)6-4-10(12)13/h4,6,8-9H,3,5,7H2,1-2H3,(H,12,13)/b6-4+. The molecule has 1 aliphatic heterocycles. The molecule has 0 amide bonds. The summed E-state index contributed by atoms with van der Waals surface area (Å²) in [6, 6.07) is 0. The summed E-state index contributed by atoms with van der Waals surface area (Å²) < 4.78 is 0. The molecular formula is C10H17NO2. The molecule has 3 nitrogen and oxygen atoms in total. The van der Waals surface area contributed by atoms with E-state index in [4.69, 9.17) is 5.11 Å². The van der Waals surface area contributed by atoms with Crippen LogP contribution in [-0.2, 0) is 4.79 Å². The Labute approximate surface area is 79.0 Å². The lowest BCUT2D eigenvalue weighted by molar-refractivity contribution is -0.131. The molecule has 1 N–H and O–H groups in total. The van der Waals surface area contributed by atoms with Gasteiger partial charge >= 0.3 is 5.97 Å². The molecule has 3 heteroatoms. The lowest BCUT2D eigenvalue weighted by Gasteiger charge is -2.34. The molecule has 0 spiro atoms. The lowest BCUT2D eigenvalue weighted by Crippen LogP contribution is -2.34. The van der Waals surface area contributed by atoms with Crippen molar-refractivity contribution in [2.45, 2.75) is 20.3 Å². The normalized spacial score (nSPS) is 29.5. The van der Waals surface area contributed by atoms with Gasteiger partial charge in [0.05, 0.1) is 0 Å². The molecule has 2 atom stereocenters. The number of piperidine rings is 1. The van der Waals surface area contributed by atoms with Crippen LogP contribution in [0.3, 0.4) is 0 Å². The molecule has 1 rings (SSSR count). The second-order valence-corrected chi connectivity index (χ2v) is 3.89. The monoisotopic (exact) mass is 183 g/mol. The molecule has 1 aliphatic rings. The van der Waals surface area contributed by atoms with Gasteiger partial charge in [-0.05, 0) is 18.3 Å². The van der Waals surface area contributed by atoms with Crippen LogP contribution in [0.25, 0.3) is 0 Å². The van der Waals surface area contributed by atoms with Gasteiger partial charge in [-0.2, -0.15) is 0 Å². The minimum Gasteiger partial charge on any atom is -0.478 e. The molecule has 0 saturated carbocycles. The van der Waals surface area contributed by atoms with Gasteiger partial charge in [0.15, 0.2) is 0 Å². The summed E-state index contributed by atoms with van der Waals surface area (Å²) in [6.07, 6.45) is 4.05. The van der Waals surface area contributed by atoms with Crippen LogP contribution in [0.2, 0.25) is 0 Å². The van der Waals surface area contributed by atoms with Crippen molar-refractivity contribution < 1.29 is 9.90 Å². The van der Waals surface area contributed by atoms with Crippen LogP contribution >= 0.6 is 0 Å². The van der Waals surface area contributed by atoms with E-state index in [-0.39, 0.29) is 0 Å². The molecule has 0 bridgehead atoms. The van der Waals surface area contributed by atoms with Crippen molar-refractivity contribution in [2.24, 2.45) is 11.8 Å². The summed E-state index contributed by atoms with van der Waals surface area (Å²) in [5.41, 5.74) is 0. The number of carbonyl (C=O) groups is 1. The van der Waals surface area contributed by atoms with E-state index in [0.29, 0.717) is 5.92 Å². The molecule has 13 heavy (non-hydrogen) atoms. The van der Waals surface area contributed by atoms with Gasteiger partial charge in [-0.15, -0.1) is 0 Å². The minimum atomic E-state index is -0.869. The maximum absolute atomic E-state index is 10.3. The van der Waals surface area contributed by atoms with Crippen LogP contribution in [0.15, 0.2) is 12.3 Å². The Kier molecular flexibility index (Phi) is 3.34. The van der Waals surface area contributed by atoms with Gasteiger partial charge < -0.3 is 10.0 Å². The molecule has 0 aromatic carbocycles. The Morgan fingerprint density at radius 3 is 2.69 bits per heavy atom. The molecule has 1 heterocycles. The van der Waals surface area contributed by atoms with Gasteiger partial charge in [-0.3, -0.25) is 0 Å². The topological polar surface area (TPSA) is 40.5 Å². The Hall–Kier alpha value is -0.990. The molecule has 0 aromatic rings. The van der Waals surface area contributed by atoms with E-state index < -0.39 is 5.97 Å². The zero-order valence-corrected chi connectivity index (χ0v) is 8.23. The van der Waals surface area contributed by atoms with Crippen molar-refractivity contribution in [1.29, 1.82) is 0 Å². The average Bonchev–Trinajstić information content (AvgIpc) is 2.07. The number of hydrogen-bond acceptors (Lipinski definition) is 2. The summed E-state index contributed by atoms with van der Waals surface area (Å²) in [5.74, 6) is 0.549. The third-order valence-electron chi connectivity index (χ3n) is 2.79. The van der Waals surface area contributed by atoms with Crippen LogP contribution in [-0.4, -0.2) is 29.1 Å². The van der Waals surface area contributed by atoms with Crippen molar-refractivity contribution >= 4 is 5.97 Å². The summed E-state index contributed by atoms with van der Waals surface area (Å²) in [6.45, 7) is 6.43. The predicted molar refractivity (Wildman–Crippen MR) is 51.3 cm³/mol. The first kappa shape index (κ1) is 10.1. The largest absolute Gasteiger partial charge is 0.478 e. The Balaban J connectivity index is 2.42. The van der Waals surface area contributed by atoms with E-state index in [2.05, 4.69) is 18.7 Å². The first-order valence-electron chi connectivity index (χ1n) is 4.74. The van der Waals surface area contributed by atoms with Gasteiger partial charge in [0.2, 0.25) is 0 Å². The number of likely N-dealkylation sites (tertiary alicyclic amines) is 1. The highest BCUT2D eigenvalue weighted by Gasteiger charge is 2.20. The second kappa shape index (κ2) is 4.30. The van der Waals surface area contributed by atoms with Gasteiger partial charge in [0.1, 0.15) is 0 Å². The van der Waals surface area contributed by atoms with Crippen LogP contribution in [0.5, 0.6) is 0 Å². The quantitative estimate of drug-likeness (QED) is 0.660. The highest BCUT2D eigenvalue weighted by molar-refractivity contribution is 5.79. The van der Waals surface area contributed by atoms with E-state index in [1.807, 2.05) is 0 Å². The highest BCUT2D eigenvalue weighted by atomic mass is 16.4. The van der Waals surface area contributed by atoms with E-state index in [9.17, 15) is 4.79 Å². The van der Waals surface area contributed by atoms with Crippen molar-refractivity contribution in [2.75, 3.05) is 13.1 Å². The fourth-order valence-corrected chi connectivity index (χ4v) is 1.60. The number of hydrogen-bond donors (Lipinski definition) is 1. The van der Waals surface area contributed by atoms with E-state index in [0.717, 1.165) is 25.4 Å². The van der Waals surface area contributed by atoms with Crippen LogP contribution < -0.4 is 0 Å². The first-order chi connectivity index (χ1) is 6.09. The summed E-state index contributed by atoms with van der Waals surface area (Å²) in [4.78, 5) is 12.4. The van der Waals surface area contributed by atoms with E-state index >= 15 is 0 Å². The average molecular weight is 183 g/mol. The zero-order chi connectivity index (χ0) is 9.84. The molecule has 74 valence electrons. The SMILES string of the molecule is CC1CCN(/C=C/C(=O)O)CC1C. The van der Waals surface area contributed by atoms with E-state index in [1.54, 1.807) is 6.20 Å². The Morgan fingerprint density at radius 1 is 1.46 bits per heavy atom. The number of nitrogens with zero attached hydrogens (tertiary/aromatic N) is 1. The molecular weight excluding hydrogens is 166 g/mol. The molecule has 0 radical (unpaired) electrons. The van der Waals surface area contributed by atoms with Gasteiger partial charge in [0.25, 0.3) is 0 Å². The first-order valence-corrected chi connectivity index (χ1v) is 4.74. The predicted octanol–water partition coefficient (Wildman–Crippen LogP) is 1.56. The summed E-state index contributed by atoms with van der Waals surface area (Å²) in [5, 5.41) is 8.45. The van der Waals surface area contributed by atoms with Crippen molar-refractivity contribution in [3.8, 4) is 0 Å². The number of rotatable bonds is 2. The summed E-state index contributed by atoms with van der Waals surface area (Å²) in [7, 11) is 0. The number of carboxylic acid groups (broad SMARTS) is 1. The Bertz CT molecular complexity index is 213. The maximum Gasteiger partial charge on any atom is 0.329 e. The number of carboxylic acids is 1. The zero-order valence-electron chi connectivity index (χ0n) is 8.23. The third-order valence-corrected chi connectivity index (χ3v) is 2.79. The number of aliphatic carboxylic acids is 1. The maximum atomic E-state index is 10.3. The third kappa shape index (κ3) is 3.09. The second-order valence-electron chi connectivity index (χ2n) is 3.89. The molecule has 2 unspecified atom stereocenters. The van der Waals surface area contributed by atoms with Gasteiger partial charge in [-0.1, -0.05) is 13.8 Å². The molecule has 1 fully saturated rings. The van der Waals surface area contributed by atoms with Gasteiger partial charge in [0, 0.05) is 25.4 Å². The van der Waals surface area contributed by atoms with Gasteiger partial charge in [-0.25, -0.2) is 4.79 Å². The Morgan fingerprint density at radius 2 is 2.15 bits per heavy atom. The van der Waals surface area contributed by atoms with Crippen molar-refractivity contribution in [1.82, 2.24) is 4.90 Å². The highest BCUT2D eigenvalue weighted by Crippen LogP contribution is 2.22. The molecule has 0 aliphatic carbocycles. The van der Waals surface area contributed by atoms with Crippen molar-refractivity contribution in [3.05, 3.63) is 12.3 Å². The fourth-order valence-electron chi connectivity index (χ4n) is 1.60. The smallest absolute Gasteiger partial charge is 0.329 e. The van der Waals surface area contributed by atoms with Crippen molar-refractivity contribution in [3.63, 3.8) is 0 Å². The lowest BCUT2D eigenvalue weighted by atomic mass is 9.89. The van der Waals surface area contributed by atoms with Crippen LogP contribution in [0, 0.1) is 11.8 Å². The van der Waals surface area contributed by atoms with E-state index in [1.165, 1.54) is 6.08 Å². The summed E-state index contributed by atoms with van der Waals surface area (Å²) >= 11 is 0. The fraction of sp³-hybridized carbons (Fsp3) is 0.700. The molecule has 0 aromatic heterocycles.